The van der Waals surface area contributed by atoms with Gasteiger partial charge >= 0.3 is 5.97 Å². The second-order valence-electron chi connectivity index (χ2n) is 5.05. The van der Waals surface area contributed by atoms with Crippen molar-refractivity contribution in [2.45, 2.75) is 31.6 Å². The molecule has 0 saturated heterocycles. The van der Waals surface area contributed by atoms with Crippen LogP contribution in [0.25, 0.3) is 0 Å². The van der Waals surface area contributed by atoms with Crippen molar-refractivity contribution in [3.63, 3.8) is 0 Å². The van der Waals surface area contributed by atoms with Crippen LogP contribution in [0, 0.1) is 5.92 Å². The number of ether oxygens (including phenoxy) is 1. The third kappa shape index (κ3) is 4.86. The van der Waals surface area contributed by atoms with Crippen molar-refractivity contribution in [2.24, 2.45) is 11.7 Å². The predicted molar refractivity (Wildman–Crippen MR) is 74.4 cm³/mol. The molecule has 2 atom stereocenters. The first kappa shape index (κ1) is 17.2. The fraction of sp³-hybridized carbons (Fsp3) is 0.833. The van der Waals surface area contributed by atoms with Gasteiger partial charge in [0.15, 0.2) is 0 Å². The molecule has 0 aliphatic heterocycles. The lowest BCUT2D eigenvalue weighted by Gasteiger charge is -2.30. The molecular weight excluding hydrogens is 252 g/mol. The summed E-state index contributed by atoms with van der Waals surface area (Å²) in [4.78, 5) is 24.7. The van der Waals surface area contributed by atoms with Gasteiger partial charge in [0.05, 0.1) is 7.11 Å². The summed E-state index contributed by atoms with van der Waals surface area (Å²) in [5.41, 5.74) is 5.84. The molecule has 0 radical (unpaired) electrons. The van der Waals surface area contributed by atoms with Gasteiger partial charge in [-0.05, 0) is 13.8 Å². The first-order valence-electron chi connectivity index (χ1n) is 5.82. The van der Waals surface area contributed by atoms with Gasteiger partial charge in [0.25, 0.3) is 0 Å². The van der Waals surface area contributed by atoms with Crippen LogP contribution in [0.15, 0.2) is 0 Å². The van der Waals surface area contributed by atoms with Crippen LogP contribution in [0.3, 0.4) is 0 Å². The predicted octanol–water partition coefficient (Wildman–Crippen LogP) is 0.723. The molecule has 5 nitrogen and oxygen atoms in total. The fourth-order valence-corrected chi connectivity index (χ4v) is 2.45. The van der Waals surface area contributed by atoms with Gasteiger partial charge < -0.3 is 15.4 Å². The van der Waals surface area contributed by atoms with Crippen LogP contribution < -0.4 is 5.73 Å². The molecule has 0 saturated carbocycles. The minimum atomic E-state index is -0.700. The second kappa shape index (κ2) is 6.99. The molecule has 18 heavy (non-hydrogen) atoms. The van der Waals surface area contributed by atoms with Crippen LogP contribution in [-0.2, 0) is 14.3 Å². The molecule has 0 rings (SSSR count). The fourth-order valence-electron chi connectivity index (χ4n) is 1.35. The van der Waals surface area contributed by atoms with E-state index in [1.165, 1.54) is 18.9 Å². The molecule has 0 aromatic rings. The Kier molecular flexibility index (Phi) is 6.70. The number of methoxy groups -OCH3 is 1. The Bertz CT molecular complexity index is 306. The van der Waals surface area contributed by atoms with E-state index in [0.29, 0.717) is 5.75 Å². The van der Waals surface area contributed by atoms with Crippen molar-refractivity contribution in [3.8, 4) is 0 Å². The average Bonchev–Trinajstić information content (AvgIpc) is 2.32. The molecule has 0 heterocycles. The minimum Gasteiger partial charge on any atom is -0.468 e. The molecule has 0 bridgehead atoms. The third-order valence-electron chi connectivity index (χ3n) is 2.77. The van der Waals surface area contributed by atoms with Gasteiger partial charge in [0.2, 0.25) is 5.91 Å². The minimum absolute atomic E-state index is 0.0740. The molecule has 0 aromatic heterocycles. The number of thioether (sulfide) groups is 1. The number of hydrogen-bond donors (Lipinski definition) is 1. The van der Waals surface area contributed by atoms with Gasteiger partial charge in [-0.3, -0.25) is 9.59 Å². The van der Waals surface area contributed by atoms with Crippen molar-refractivity contribution in [2.75, 3.05) is 27.0 Å². The molecule has 0 aliphatic carbocycles. The summed E-state index contributed by atoms with van der Waals surface area (Å²) in [6.45, 7) is 5.63. The van der Waals surface area contributed by atoms with Crippen LogP contribution in [-0.4, -0.2) is 54.5 Å². The van der Waals surface area contributed by atoms with E-state index in [9.17, 15) is 9.59 Å². The maximum absolute atomic E-state index is 11.7. The summed E-state index contributed by atoms with van der Waals surface area (Å²) in [6.07, 6.45) is 0. The van der Waals surface area contributed by atoms with Gasteiger partial charge in [-0.2, -0.15) is 11.8 Å². The topological polar surface area (TPSA) is 72.6 Å². The number of nitrogens with two attached hydrogens (primary N) is 1. The van der Waals surface area contributed by atoms with Crippen LogP contribution in [0.2, 0.25) is 0 Å². The summed E-state index contributed by atoms with van der Waals surface area (Å²) >= 11 is 1.51. The maximum atomic E-state index is 11.7. The largest absolute Gasteiger partial charge is 0.468 e. The summed E-state index contributed by atoms with van der Waals surface area (Å²) in [7, 11) is 4.78. The quantitative estimate of drug-likeness (QED) is 0.724. The average molecular weight is 276 g/mol. The Labute approximate surface area is 113 Å². The Morgan fingerprint density at radius 2 is 1.89 bits per heavy atom. The number of amides is 1. The number of hydrogen-bond acceptors (Lipinski definition) is 5. The number of nitrogens with zero attached hydrogens (tertiary/aromatic N) is 1. The number of rotatable bonds is 6. The lowest BCUT2D eigenvalue weighted by Crippen LogP contribution is -2.48. The lowest BCUT2D eigenvalue weighted by atomic mass is 10.1. The highest BCUT2D eigenvalue weighted by Gasteiger charge is 2.34. The Balaban J connectivity index is 4.43. The summed E-state index contributed by atoms with van der Waals surface area (Å²) < 4.78 is 4.17. The monoisotopic (exact) mass is 276 g/mol. The van der Waals surface area contributed by atoms with E-state index in [-0.39, 0.29) is 11.8 Å². The van der Waals surface area contributed by atoms with Crippen LogP contribution in [0.1, 0.15) is 20.8 Å². The van der Waals surface area contributed by atoms with Crippen LogP contribution >= 0.6 is 11.8 Å². The molecule has 2 N–H and O–H groups in total. The summed E-state index contributed by atoms with van der Waals surface area (Å²) in [5, 5.41) is 0. The lowest BCUT2D eigenvalue weighted by molar-refractivity contribution is -0.142. The molecule has 106 valence electrons. The highest BCUT2D eigenvalue weighted by molar-refractivity contribution is 8.00. The third-order valence-corrected chi connectivity index (χ3v) is 4.44. The molecule has 1 unspecified atom stereocenters. The van der Waals surface area contributed by atoms with Gasteiger partial charge in [-0.25, -0.2) is 0 Å². The second-order valence-corrected chi connectivity index (χ2v) is 6.72. The number of esters is 1. The molecular formula is C12H24N2O3S. The standard InChI is InChI=1S/C12H24N2O3S/c1-8(10(15)14(4)5)7-18-12(2,3)9(13)11(16)17-6/h8-9H,7,13H2,1-6H3/t8-,9?/m1/s1. The van der Waals surface area contributed by atoms with Crippen molar-refractivity contribution < 1.29 is 14.3 Å². The van der Waals surface area contributed by atoms with Crippen molar-refractivity contribution in [1.29, 1.82) is 0 Å². The molecule has 1 amide bonds. The van der Waals surface area contributed by atoms with E-state index < -0.39 is 16.8 Å². The summed E-state index contributed by atoms with van der Waals surface area (Å²) in [5.74, 6) is 0.160. The molecule has 6 heteroatoms. The first-order chi connectivity index (χ1) is 8.13. The van der Waals surface area contributed by atoms with Gasteiger partial charge in [0, 0.05) is 30.5 Å². The van der Waals surface area contributed by atoms with E-state index in [0.717, 1.165) is 0 Å². The Morgan fingerprint density at radius 3 is 2.28 bits per heavy atom. The van der Waals surface area contributed by atoms with Crippen molar-refractivity contribution >= 4 is 23.6 Å². The zero-order valence-electron chi connectivity index (χ0n) is 12.0. The Morgan fingerprint density at radius 1 is 1.39 bits per heavy atom. The number of carbonyl (C=O) groups is 2. The van der Waals surface area contributed by atoms with E-state index in [2.05, 4.69) is 4.74 Å². The number of carbonyl (C=O) groups excluding carboxylic acids is 2. The zero-order valence-corrected chi connectivity index (χ0v) is 12.8. The molecule has 0 spiro atoms. The maximum Gasteiger partial charge on any atom is 0.324 e. The first-order valence-corrected chi connectivity index (χ1v) is 6.80. The summed E-state index contributed by atoms with van der Waals surface area (Å²) in [6, 6.07) is -0.700. The van der Waals surface area contributed by atoms with Gasteiger partial charge in [-0.1, -0.05) is 6.92 Å². The Hall–Kier alpha value is -0.750. The van der Waals surface area contributed by atoms with Gasteiger partial charge in [0.1, 0.15) is 6.04 Å². The van der Waals surface area contributed by atoms with E-state index in [1.54, 1.807) is 19.0 Å². The van der Waals surface area contributed by atoms with E-state index in [4.69, 9.17) is 5.73 Å². The smallest absolute Gasteiger partial charge is 0.324 e. The highest BCUT2D eigenvalue weighted by atomic mass is 32.2. The van der Waals surface area contributed by atoms with Crippen molar-refractivity contribution in [3.05, 3.63) is 0 Å². The van der Waals surface area contributed by atoms with E-state index in [1.807, 2.05) is 20.8 Å². The van der Waals surface area contributed by atoms with Crippen molar-refractivity contribution in [1.82, 2.24) is 4.90 Å². The van der Waals surface area contributed by atoms with Crippen LogP contribution in [0.4, 0.5) is 0 Å². The molecule has 0 fully saturated rings. The van der Waals surface area contributed by atoms with Crippen LogP contribution in [0.5, 0.6) is 0 Å². The van der Waals surface area contributed by atoms with E-state index >= 15 is 0 Å². The molecule has 0 aliphatic rings. The molecule has 0 aromatic carbocycles. The highest BCUT2D eigenvalue weighted by Crippen LogP contribution is 2.29. The zero-order chi connectivity index (χ0) is 14.5. The normalized spacial score (nSPS) is 14.8. The van der Waals surface area contributed by atoms with Gasteiger partial charge in [-0.15, -0.1) is 0 Å². The SMILES string of the molecule is COC(=O)C(N)C(C)(C)SC[C@@H](C)C(=O)N(C)C.